The van der Waals surface area contributed by atoms with Crippen molar-refractivity contribution in [1.29, 1.82) is 0 Å². The molecule has 0 radical (unpaired) electrons. The van der Waals surface area contributed by atoms with Gasteiger partial charge in [-0.05, 0) is 12.1 Å². The summed E-state index contributed by atoms with van der Waals surface area (Å²) in [5.74, 6) is -0.138. The van der Waals surface area contributed by atoms with E-state index in [9.17, 15) is 9.90 Å². The Labute approximate surface area is 73.9 Å². The van der Waals surface area contributed by atoms with Crippen molar-refractivity contribution in [1.82, 2.24) is 9.97 Å². The van der Waals surface area contributed by atoms with E-state index in [-0.39, 0.29) is 11.3 Å². The molecule has 0 aliphatic carbocycles. The number of nitrogens with zero attached hydrogens (tertiary/aromatic N) is 2. The number of aldehydes is 1. The smallest absolute Gasteiger partial charge is 0.156 e. The molecule has 2 heterocycles. The Morgan fingerprint density at radius 1 is 1.38 bits per heavy atom. The summed E-state index contributed by atoms with van der Waals surface area (Å²) in [6, 6.07) is 3.45. The zero-order chi connectivity index (χ0) is 9.26. The minimum atomic E-state index is -0.138. The van der Waals surface area contributed by atoms with E-state index >= 15 is 0 Å². The van der Waals surface area contributed by atoms with Gasteiger partial charge >= 0.3 is 0 Å². The Kier molecular flexibility index (Phi) is 1.66. The van der Waals surface area contributed by atoms with Crippen LogP contribution in [0.5, 0.6) is 5.75 Å². The van der Waals surface area contributed by atoms with Crippen molar-refractivity contribution in [3.8, 4) is 5.75 Å². The first-order valence-electron chi connectivity index (χ1n) is 3.71. The van der Waals surface area contributed by atoms with Gasteiger partial charge in [-0.1, -0.05) is 0 Å². The van der Waals surface area contributed by atoms with Crippen LogP contribution in [0.15, 0.2) is 24.5 Å². The van der Waals surface area contributed by atoms with Crippen molar-refractivity contribution < 1.29 is 9.90 Å². The molecule has 0 spiro atoms. The standard InChI is InChI=1S/C9H6N2O2/c12-5-6-8(13)4-11-7-2-1-3-10-9(6)7/h1-5,13H. The van der Waals surface area contributed by atoms with E-state index in [4.69, 9.17) is 0 Å². The number of hydrogen-bond acceptors (Lipinski definition) is 4. The Bertz CT molecular complexity index is 468. The van der Waals surface area contributed by atoms with E-state index in [1.54, 1.807) is 18.3 Å². The predicted octanol–water partition coefficient (Wildman–Crippen LogP) is 1.15. The van der Waals surface area contributed by atoms with Crippen LogP contribution >= 0.6 is 0 Å². The van der Waals surface area contributed by atoms with Gasteiger partial charge in [0.05, 0.1) is 17.3 Å². The molecule has 0 fully saturated rings. The van der Waals surface area contributed by atoms with E-state index in [2.05, 4.69) is 9.97 Å². The van der Waals surface area contributed by atoms with Crippen LogP contribution in [0.4, 0.5) is 0 Å². The van der Waals surface area contributed by atoms with Crippen molar-refractivity contribution in [3.63, 3.8) is 0 Å². The first-order valence-corrected chi connectivity index (χ1v) is 3.71. The van der Waals surface area contributed by atoms with Crippen LogP contribution in [0.1, 0.15) is 10.4 Å². The molecule has 2 aromatic rings. The molecule has 13 heavy (non-hydrogen) atoms. The number of fused-ring (bicyclic) bond motifs is 1. The van der Waals surface area contributed by atoms with E-state index in [1.807, 2.05) is 0 Å². The van der Waals surface area contributed by atoms with Gasteiger partial charge in [-0.15, -0.1) is 0 Å². The van der Waals surface area contributed by atoms with Crippen molar-refractivity contribution in [2.45, 2.75) is 0 Å². The number of carbonyl (C=O) groups excluding carboxylic acids is 1. The van der Waals surface area contributed by atoms with Gasteiger partial charge in [-0.2, -0.15) is 0 Å². The summed E-state index contributed by atoms with van der Waals surface area (Å²) in [7, 11) is 0. The largest absolute Gasteiger partial charge is 0.505 e. The highest BCUT2D eigenvalue weighted by Gasteiger charge is 2.06. The Morgan fingerprint density at radius 2 is 2.23 bits per heavy atom. The number of hydrogen-bond donors (Lipinski definition) is 1. The first kappa shape index (κ1) is 7.67. The molecule has 0 aliphatic heterocycles. The molecule has 0 bridgehead atoms. The molecule has 4 nitrogen and oxygen atoms in total. The summed E-state index contributed by atoms with van der Waals surface area (Å²) in [4.78, 5) is 18.5. The van der Waals surface area contributed by atoms with Crippen LogP contribution in [0, 0.1) is 0 Å². The maximum atomic E-state index is 10.6. The van der Waals surface area contributed by atoms with Gasteiger partial charge < -0.3 is 5.11 Å². The van der Waals surface area contributed by atoms with Crippen molar-refractivity contribution in [2.24, 2.45) is 0 Å². The zero-order valence-electron chi connectivity index (χ0n) is 6.64. The highest BCUT2D eigenvalue weighted by atomic mass is 16.3. The van der Waals surface area contributed by atoms with Crippen molar-refractivity contribution in [3.05, 3.63) is 30.1 Å². The van der Waals surface area contributed by atoms with Crippen molar-refractivity contribution in [2.75, 3.05) is 0 Å². The third-order valence-electron chi connectivity index (χ3n) is 1.76. The minimum absolute atomic E-state index is 0.138. The van der Waals surface area contributed by atoms with Gasteiger partial charge in [0, 0.05) is 6.20 Å². The second kappa shape index (κ2) is 2.82. The lowest BCUT2D eigenvalue weighted by molar-refractivity contribution is 0.112. The van der Waals surface area contributed by atoms with Crippen LogP contribution in [0.2, 0.25) is 0 Å². The Morgan fingerprint density at radius 3 is 3.00 bits per heavy atom. The molecule has 0 atom stereocenters. The van der Waals surface area contributed by atoms with Gasteiger partial charge in [0.25, 0.3) is 0 Å². The Balaban J connectivity index is 2.91. The van der Waals surface area contributed by atoms with Crippen LogP contribution in [0.3, 0.4) is 0 Å². The first-order chi connectivity index (χ1) is 6.33. The van der Waals surface area contributed by atoms with Crippen LogP contribution < -0.4 is 0 Å². The molecule has 2 aromatic heterocycles. The lowest BCUT2D eigenvalue weighted by Gasteiger charge is -1.99. The fraction of sp³-hybridized carbons (Fsp3) is 0. The number of carbonyl (C=O) groups is 1. The summed E-state index contributed by atoms with van der Waals surface area (Å²) in [6.45, 7) is 0. The third-order valence-corrected chi connectivity index (χ3v) is 1.76. The third kappa shape index (κ3) is 1.12. The summed E-state index contributed by atoms with van der Waals surface area (Å²) >= 11 is 0. The molecule has 0 aromatic carbocycles. The maximum absolute atomic E-state index is 10.6. The molecule has 0 unspecified atom stereocenters. The lowest BCUT2D eigenvalue weighted by atomic mass is 10.2. The van der Waals surface area contributed by atoms with E-state index in [0.717, 1.165) is 0 Å². The van der Waals surface area contributed by atoms with Crippen LogP contribution in [0.25, 0.3) is 11.0 Å². The van der Waals surface area contributed by atoms with Gasteiger partial charge in [-0.3, -0.25) is 14.8 Å². The second-order valence-corrected chi connectivity index (χ2v) is 2.55. The Hall–Kier alpha value is -1.97. The van der Waals surface area contributed by atoms with Crippen LogP contribution in [-0.2, 0) is 0 Å². The highest BCUT2D eigenvalue weighted by Crippen LogP contribution is 2.20. The predicted molar refractivity (Wildman–Crippen MR) is 46.6 cm³/mol. The molecule has 1 N–H and O–H groups in total. The van der Waals surface area contributed by atoms with Gasteiger partial charge in [0.2, 0.25) is 0 Å². The summed E-state index contributed by atoms with van der Waals surface area (Å²) in [5.41, 5.74) is 1.21. The second-order valence-electron chi connectivity index (χ2n) is 2.55. The molecule has 4 heteroatoms. The number of aromatic hydroxyl groups is 1. The highest BCUT2D eigenvalue weighted by molar-refractivity contribution is 5.96. The quantitative estimate of drug-likeness (QED) is 0.658. The van der Waals surface area contributed by atoms with Crippen molar-refractivity contribution >= 4 is 17.3 Å². The molecule has 64 valence electrons. The van der Waals surface area contributed by atoms with Gasteiger partial charge in [-0.25, -0.2) is 0 Å². The number of rotatable bonds is 1. The van der Waals surface area contributed by atoms with E-state index in [1.165, 1.54) is 6.20 Å². The minimum Gasteiger partial charge on any atom is -0.505 e. The summed E-state index contributed by atoms with van der Waals surface area (Å²) < 4.78 is 0. The summed E-state index contributed by atoms with van der Waals surface area (Å²) in [5, 5.41) is 9.27. The molecule has 0 amide bonds. The van der Waals surface area contributed by atoms with E-state index in [0.29, 0.717) is 17.3 Å². The maximum Gasteiger partial charge on any atom is 0.156 e. The lowest BCUT2D eigenvalue weighted by Crippen LogP contribution is -1.89. The van der Waals surface area contributed by atoms with Gasteiger partial charge in [0.15, 0.2) is 6.29 Å². The topological polar surface area (TPSA) is 63.1 Å². The summed E-state index contributed by atoms with van der Waals surface area (Å²) in [6.07, 6.45) is 3.37. The number of pyridine rings is 2. The van der Waals surface area contributed by atoms with E-state index < -0.39 is 0 Å². The zero-order valence-corrected chi connectivity index (χ0v) is 6.64. The molecule has 2 rings (SSSR count). The fourth-order valence-electron chi connectivity index (χ4n) is 1.15. The number of aromatic nitrogens is 2. The average molecular weight is 174 g/mol. The normalized spacial score (nSPS) is 10.2. The van der Waals surface area contributed by atoms with Crippen LogP contribution in [-0.4, -0.2) is 21.4 Å². The molecule has 0 saturated heterocycles. The molecule has 0 aliphatic rings. The average Bonchev–Trinajstić information content (AvgIpc) is 2.18. The molecular weight excluding hydrogens is 168 g/mol. The molecule has 0 saturated carbocycles. The molecular formula is C9H6N2O2. The van der Waals surface area contributed by atoms with Gasteiger partial charge in [0.1, 0.15) is 11.3 Å². The fourth-order valence-corrected chi connectivity index (χ4v) is 1.15. The SMILES string of the molecule is O=Cc1c(O)cnc2cccnc12. The monoisotopic (exact) mass is 174 g/mol.